The Morgan fingerprint density at radius 2 is 2.07 bits per heavy atom. The summed E-state index contributed by atoms with van der Waals surface area (Å²) < 4.78 is 5.45. The molecule has 8 nitrogen and oxygen atoms in total. The molecule has 0 radical (unpaired) electrons. The Kier molecular flexibility index (Phi) is 5.62. The molecule has 2 aromatic rings. The predicted molar refractivity (Wildman–Crippen MR) is 103 cm³/mol. The van der Waals surface area contributed by atoms with Gasteiger partial charge in [0.15, 0.2) is 5.82 Å². The fourth-order valence-corrected chi connectivity index (χ4v) is 3.08. The molecule has 1 saturated heterocycles. The van der Waals surface area contributed by atoms with E-state index >= 15 is 0 Å². The molecule has 0 atom stereocenters. The number of H-pyrrole nitrogens is 1. The molecule has 0 unspecified atom stereocenters. The van der Waals surface area contributed by atoms with Crippen LogP contribution in [-0.2, 0) is 11.2 Å². The number of aryl methyl sites for hydroxylation is 1. The minimum atomic E-state index is -0.456. The fourth-order valence-electron chi connectivity index (χ4n) is 3.08. The van der Waals surface area contributed by atoms with Gasteiger partial charge >= 0.3 is 6.09 Å². The SMILES string of the molecule is Cc1cc(Nc2ccnc(CC3CCN(C(=O)OC(C)(C)C)CC3)n2)n[nH]1. The van der Waals surface area contributed by atoms with E-state index in [1.54, 1.807) is 11.1 Å². The number of amides is 1. The monoisotopic (exact) mass is 372 g/mol. The van der Waals surface area contributed by atoms with Gasteiger partial charge in [0, 0.05) is 37.5 Å². The first-order chi connectivity index (χ1) is 12.8. The first-order valence-electron chi connectivity index (χ1n) is 9.37. The van der Waals surface area contributed by atoms with Crippen LogP contribution >= 0.6 is 0 Å². The van der Waals surface area contributed by atoms with E-state index in [1.165, 1.54) is 0 Å². The highest BCUT2D eigenvalue weighted by molar-refractivity contribution is 5.68. The zero-order valence-electron chi connectivity index (χ0n) is 16.5. The van der Waals surface area contributed by atoms with Crippen LogP contribution in [0.25, 0.3) is 0 Å². The summed E-state index contributed by atoms with van der Waals surface area (Å²) in [5, 5.41) is 10.2. The van der Waals surface area contributed by atoms with Gasteiger partial charge in [-0.2, -0.15) is 5.10 Å². The summed E-state index contributed by atoms with van der Waals surface area (Å²) in [4.78, 5) is 22.9. The number of nitrogens with one attached hydrogen (secondary N) is 2. The minimum absolute atomic E-state index is 0.224. The molecule has 3 heterocycles. The van der Waals surface area contributed by atoms with Crippen LogP contribution in [0, 0.1) is 12.8 Å². The zero-order valence-corrected chi connectivity index (χ0v) is 16.5. The van der Waals surface area contributed by atoms with Gasteiger partial charge in [-0.25, -0.2) is 14.8 Å². The quantitative estimate of drug-likeness (QED) is 0.853. The second-order valence-electron chi connectivity index (χ2n) is 8.03. The third-order valence-electron chi connectivity index (χ3n) is 4.41. The van der Waals surface area contributed by atoms with E-state index in [1.807, 2.05) is 39.8 Å². The van der Waals surface area contributed by atoms with Gasteiger partial charge in [0.2, 0.25) is 0 Å². The summed E-state index contributed by atoms with van der Waals surface area (Å²) in [5.41, 5.74) is 0.533. The van der Waals surface area contributed by atoms with Crippen LogP contribution in [-0.4, -0.2) is 49.8 Å². The van der Waals surface area contributed by atoms with Crippen LogP contribution in [0.3, 0.4) is 0 Å². The largest absolute Gasteiger partial charge is 0.444 e. The van der Waals surface area contributed by atoms with Crippen molar-refractivity contribution in [3.8, 4) is 0 Å². The Hall–Kier alpha value is -2.64. The van der Waals surface area contributed by atoms with Gasteiger partial charge in [0.05, 0.1) is 0 Å². The van der Waals surface area contributed by atoms with Crippen LogP contribution in [0.1, 0.15) is 45.1 Å². The molecule has 1 aliphatic heterocycles. The van der Waals surface area contributed by atoms with E-state index in [0.29, 0.717) is 19.0 Å². The van der Waals surface area contributed by atoms with E-state index in [4.69, 9.17) is 4.74 Å². The van der Waals surface area contributed by atoms with E-state index in [-0.39, 0.29) is 6.09 Å². The van der Waals surface area contributed by atoms with Gasteiger partial charge in [-0.05, 0) is 52.5 Å². The molecular formula is C19H28N6O2. The fraction of sp³-hybridized carbons (Fsp3) is 0.579. The van der Waals surface area contributed by atoms with Crippen LogP contribution in [0.4, 0.5) is 16.4 Å². The Bertz CT molecular complexity index is 775. The lowest BCUT2D eigenvalue weighted by atomic mass is 9.93. The number of carbonyl (C=O) groups is 1. The van der Waals surface area contributed by atoms with E-state index in [9.17, 15) is 4.79 Å². The molecule has 0 spiro atoms. The summed E-state index contributed by atoms with van der Waals surface area (Å²) in [5.74, 6) is 2.75. The maximum atomic E-state index is 12.2. The minimum Gasteiger partial charge on any atom is -0.444 e. The van der Waals surface area contributed by atoms with Crippen molar-refractivity contribution < 1.29 is 9.53 Å². The molecule has 146 valence electrons. The first kappa shape index (κ1) is 19.1. The Labute approximate surface area is 159 Å². The number of rotatable bonds is 4. The summed E-state index contributed by atoms with van der Waals surface area (Å²) >= 11 is 0. The Balaban J connectivity index is 1.52. The number of piperidine rings is 1. The van der Waals surface area contributed by atoms with Gasteiger partial charge in [0.25, 0.3) is 0 Å². The summed E-state index contributed by atoms with van der Waals surface area (Å²) in [6.45, 7) is 9.04. The van der Waals surface area contributed by atoms with Crippen molar-refractivity contribution >= 4 is 17.7 Å². The second kappa shape index (κ2) is 7.94. The molecule has 27 heavy (non-hydrogen) atoms. The van der Waals surface area contributed by atoms with Crippen molar-refractivity contribution in [2.75, 3.05) is 18.4 Å². The summed E-state index contributed by atoms with van der Waals surface area (Å²) in [6, 6.07) is 3.76. The average Bonchev–Trinajstić information content (AvgIpc) is 2.99. The molecular weight excluding hydrogens is 344 g/mol. The molecule has 1 amide bonds. The smallest absolute Gasteiger partial charge is 0.410 e. The van der Waals surface area contributed by atoms with Gasteiger partial charge in [-0.1, -0.05) is 0 Å². The van der Waals surface area contributed by atoms with Crippen molar-refractivity contribution in [1.82, 2.24) is 25.1 Å². The molecule has 0 saturated carbocycles. The molecule has 1 aliphatic rings. The number of carbonyl (C=O) groups excluding carboxylic acids is 1. The van der Waals surface area contributed by atoms with Crippen molar-refractivity contribution in [2.45, 2.75) is 52.6 Å². The van der Waals surface area contributed by atoms with Gasteiger partial charge in [-0.3, -0.25) is 5.10 Å². The number of hydrogen-bond acceptors (Lipinski definition) is 6. The maximum absolute atomic E-state index is 12.2. The topological polar surface area (TPSA) is 96.0 Å². The van der Waals surface area contributed by atoms with Crippen molar-refractivity contribution in [3.63, 3.8) is 0 Å². The molecule has 0 bridgehead atoms. The number of hydrogen-bond donors (Lipinski definition) is 2. The molecule has 1 fully saturated rings. The lowest BCUT2D eigenvalue weighted by Gasteiger charge is -2.33. The average molecular weight is 372 g/mol. The van der Waals surface area contributed by atoms with Crippen LogP contribution < -0.4 is 5.32 Å². The van der Waals surface area contributed by atoms with Crippen LogP contribution in [0.5, 0.6) is 0 Å². The van der Waals surface area contributed by atoms with Crippen molar-refractivity contribution in [3.05, 3.63) is 29.8 Å². The lowest BCUT2D eigenvalue weighted by Crippen LogP contribution is -2.42. The lowest BCUT2D eigenvalue weighted by molar-refractivity contribution is 0.0184. The van der Waals surface area contributed by atoms with Gasteiger partial charge in [0.1, 0.15) is 17.2 Å². The number of ether oxygens (including phenoxy) is 1. The van der Waals surface area contributed by atoms with Crippen molar-refractivity contribution in [1.29, 1.82) is 0 Å². The summed E-state index contributed by atoms with van der Waals surface area (Å²) in [6.07, 6.45) is 4.20. The molecule has 0 aliphatic carbocycles. The number of aromatic amines is 1. The number of aromatic nitrogens is 4. The number of nitrogens with zero attached hydrogens (tertiary/aromatic N) is 4. The molecule has 2 N–H and O–H groups in total. The highest BCUT2D eigenvalue weighted by Crippen LogP contribution is 2.23. The van der Waals surface area contributed by atoms with Crippen LogP contribution in [0.2, 0.25) is 0 Å². The Morgan fingerprint density at radius 1 is 1.33 bits per heavy atom. The van der Waals surface area contributed by atoms with Crippen molar-refractivity contribution in [2.24, 2.45) is 5.92 Å². The highest BCUT2D eigenvalue weighted by Gasteiger charge is 2.27. The Morgan fingerprint density at radius 3 is 2.70 bits per heavy atom. The van der Waals surface area contributed by atoms with E-state index < -0.39 is 5.60 Å². The molecule has 0 aromatic carbocycles. The third-order valence-corrected chi connectivity index (χ3v) is 4.41. The zero-order chi connectivity index (χ0) is 19.4. The third kappa shape index (κ3) is 5.67. The normalized spacial score (nSPS) is 15.6. The number of likely N-dealkylation sites (tertiary alicyclic amines) is 1. The van der Waals surface area contributed by atoms with E-state index in [2.05, 4.69) is 25.5 Å². The first-order valence-corrected chi connectivity index (χ1v) is 9.37. The standard InChI is InChI=1S/C19H28N6O2/c1-13-11-17(24-23-13)22-15-5-8-20-16(21-15)12-14-6-9-25(10-7-14)18(26)27-19(2,3)4/h5,8,11,14H,6-7,9-10,12H2,1-4H3,(H2,20,21,22,23,24). The number of anilines is 2. The predicted octanol–water partition coefficient (Wildman–Crippen LogP) is 3.44. The van der Waals surface area contributed by atoms with Gasteiger partial charge in [-0.15, -0.1) is 0 Å². The van der Waals surface area contributed by atoms with E-state index in [0.717, 1.165) is 42.4 Å². The van der Waals surface area contributed by atoms with Gasteiger partial charge < -0.3 is 15.0 Å². The molecule has 3 rings (SSSR count). The molecule has 8 heteroatoms. The second-order valence-corrected chi connectivity index (χ2v) is 8.03. The molecule has 2 aromatic heterocycles. The van der Waals surface area contributed by atoms with Crippen LogP contribution in [0.15, 0.2) is 18.3 Å². The maximum Gasteiger partial charge on any atom is 0.410 e. The highest BCUT2D eigenvalue weighted by atomic mass is 16.6. The summed E-state index contributed by atoms with van der Waals surface area (Å²) in [7, 11) is 0.